The number of hydrogen-bond donors (Lipinski definition) is 2. The zero-order valence-corrected chi connectivity index (χ0v) is 8.32. The van der Waals surface area contributed by atoms with Gasteiger partial charge in [-0.25, -0.2) is 4.98 Å². The quantitative estimate of drug-likeness (QED) is 0.777. The summed E-state index contributed by atoms with van der Waals surface area (Å²) in [5.41, 5.74) is 5.24. The van der Waals surface area contributed by atoms with E-state index in [0.717, 1.165) is 5.82 Å². The molecule has 0 aliphatic carbocycles. The molecule has 3 nitrogen and oxygen atoms in total. The van der Waals surface area contributed by atoms with Crippen LogP contribution >= 0.6 is 17.0 Å². The van der Waals surface area contributed by atoms with Gasteiger partial charge in [0, 0.05) is 12.4 Å². The van der Waals surface area contributed by atoms with Crippen molar-refractivity contribution in [1.29, 1.82) is 0 Å². The molecule has 0 aliphatic rings. The molecule has 0 radical (unpaired) electrons. The predicted molar refractivity (Wildman–Crippen MR) is 55.2 cm³/mol. The number of hydrogen-bond acceptors (Lipinski definition) is 2. The number of nitrogens with two attached hydrogens (primary N) is 1. The lowest BCUT2D eigenvalue weighted by Crippen LogP contribution is -1.94. The number of nitrogens with zero attached hydrogens (tertiary/aromatic N) is 1. The third kappa shape index (κ3) is 2.54. The molecule has 0 amide bonds. The zero-order chi connectivity index (χ0) is 8.10. The van der Waals surface area contributed by atoms with Gasteiger partial charge in [0.15, 0.2) is 0 Å². The van der Waals surface area contributed by atoms with Gasteiger partial charge in [0.25, 0.3) is 0 Å². The lowest BCUT2D eigenvalue weighted by Gasteiger charge is -2.00. The first-order valence-corrected chi connectivity index (χ1v) is 3.38. The zero-order valence-electron chi connectivity index (χ0n) is 6.60. The maximum absolute atomic E-state index is 5.24. The number of aromatic amines is 1. The van der Waals surface area contributed by atoms with E-state index in [1.807, 2.05) is 6.08 Å². The molecule has 1 rings (SSSR count). The summed E-state index contributed by atoms with van der Waals surface area (Å²) in [5.74, 6) is 0.955. The molecule has 0 spiro atoms. The van der Waals surface area contributed by atoms with Crippen LogP contribution in [0.15, 0.2) is 37.3 Å². The maximum atomic E-state index is 5.24. The van der Waals surface area contributed by atoms with E-state index in [1.54, 1.807) is 18.5 Å². The second kappa shape index (κ2) is 5.60. The van der Waals surface area contributed by atoms with E-state index in [2.05, 4.69) is 16.5 Å². The number of nitrogens with one attached hydrogen (secondary N) is 1. The van der Waals surface area contributed by atoms with Gasteiger partial charge in [-0.05, 0) is 6.20 Å². The summed E-state index contributed by atoms with van der Waals surface area (Å²) < 4.78 is 0. The van der Waals surface area contributed by atoms with Gasteiger partial charge in [0.05, 0.1) is 5.92 Å². The standard InChI is InChI=1S/C8H11N3.BrH/c1-2-7(3-4-9)8-10-5-6-11-8;/h2-7H,1,9H2,(H,10,11);1H. The van der Waals surface area contributed by atoms with Crippen molar-refractivity contribution in [2.75, 3.05) is 0 Å². The van der Waals surface area contributed by atoms with Crippen molar-refractivity contribution < 1.29 is 0 Å². The van der Waals surface area contributed by atoms with Crippen LogP contribution in [-0.2, 0) is 0 Å². The van der Waals surface area contributed by atoms with E-state index >= 15 is 0 Å². The maximum Gasteiger partial charge on any atom is 0.116 e. The Labute approximate surface area is 82.2 Å². The fraction of sp³-hybridized carbons (Fsp3) is 0.125. The molecule has 66 valence electrons. The van der Waals surface area contributed by atoms with E-state index < -0.39 is 0 Å². The average molecular weight is 230 g/mol. The van der Waals surface area contributed by atoms with Gasteiger partial charge in [-0.2, -0.15) is 0 Å². The van der Waals surface area contributed by atoms with Crippen LogP contribution in [-0.4, -0.2) is 9.97 Å². The van der Waals surface area contributed by atoms with Crippen molar-refractivity contribution in [3.63, 3.8) is 0 Å². The summed E-state index contributed by atoms with van der Waals surface area (Å²) in [7, 11) is 0. The van der Waals surface area contributed by atoms with E-state index in [-0.39, 0.29) is 22.9 Å². The first-order chi connectivity index (χ1) is 5.38. The average Bonchev–Trinajstić information content (AvgIpc) is 2.52. The Morgan fingerprint density at radius 3 is 2.83 bits per heavy atom. The summed E-state index contributed by atoms with van der Waals surface area (Å²) >= 11 is 0. The largest absolute Gasteiger partial charge is 0.405 e. The van der Waals surface area contributed by atoms with Gasteiger partial charge in [0.1, 0.15) is 5.82 Å². The molecule has 0 aromatic carbocycles. The number of allylic oxidation sites excluding steroid dienone is 2. The van der Waals surface area contributed by atoms with Crippen molar-refractivity contribution in [2.24, 2.45) is 5.73 Å². The topological polar surface area (TPSA) is 54.7 Å². The molecule has 1 atom stereocenters. The second-order valence-electron chi connectivity index (χ2n) is 2.12. The van der Waals surface area contributed by atoms with Crippen LogP contribution in [0.3, 0.4) is 0 Å². The molecule has 1 aromatic heterocycles. The highest BCUT2D eigenvalue weighted by molar-refractivity contribution is 8.93. The number of halogens is 1. The molecule has 3 N–H and O–H groups in total. The molecule has 0 bridgehead atoms. The Hall–Kier alpha value is -1.03. The first kappa shape index (κ1) is 11.0. The summed E-state index contributed by atoms with van der Waals surface area (Å²) in [6, 6.07) is 0. The van der Waals surface area contributed by atoms with Crippen LogP contribution in [0.1, 0.15) is 11.7 Å². The van der Waals surface area contributed by atoms with Gasteiger partial charge < -0.3 is 10.7 Å². The fourth-order valence-electron chi connectivity index (χ4n) is 0.861. The Kier molecular flexibility index (Phi) is 5.12. The van der Waals surface area contributed by atoms with Crippen LogP contribution in [0, 0.1) is 0 Å². The molecule has 4 heteroatoms. The van der Waals surface area contributed by atoms with Gasteiger partial charge in [-0.1, -0.05) is 12.2 Å². The van der Waals surface area contributed by atoms with Crippen LogP contribution in [0.4, 0.5) is 0 Å². The van der Waals surface area contributed by atoms with Crippen molar-refractivity contribution in [2.45, 2.75) is 5.92 Å². The molecule has 1 unspecified atom stereocenters. The summed E-state index contributed by atoms with van der Waals surface area (Å²) in [6.07, 6.45) is 8.58. The summed E-state index contributed by atoms with van der Waals surface area (Å²) in [4.78, 5) is 7.06. The normalized spacial score (nSPS) is 12.3. The number of aromatic nitrogens is 2. The molecule has 12 heavy (non-hydrogen) atoms. The van der Waals surface area contributed by atoms with Crippen molar-refractivity contribution in [3.05, 3.63) is 43.1 Å². The van der Waals surface area contributed by atoms with Gasteiger partial charge in [0.2, 0.25) is 0 Å². The van der Waals surface area contributed by atoms with Gasteiger partial charge >= 0.3 is 0 Å². The molecule has 1 aromatic rings. The minimum atomic E-state index is 0. The molecule has 0 saturated carbocycles. The Morgan fingerprint density at radius 1 is 1.67 bits per heavy atom. The van der Waals surface area contributed by atoms with E-state index in [9.17, 15) is 0 Å². The number of imidazole rings is 1. The second-order valence-corrected chi connectivity index (χ2v) is 2.12. The minimum Gasteiger partial charge on any atom is -0.405 e. The lowest BCUT2D eigenvalue weighted by atomic mass is 10.1. The molecule has 0 aliphatic heterocycles. The molecule has 0 saturated heterocycles. The lowest BCUT2D eigenvalue weighted by molar-refractivity contribution is 0.948. The minimum absolute atomic E-state index is 0. The van der Waals surface area contributed by atoms with E-state index in [0.29, 0.717) is 0 Å². The Morgan fingerprint density at radius 2 is 2.42 bits per heavy atom. The van der Waals surface area contributed by atoms with Gasteiger partial charge in [-0.3, -0.25) is 0 Å². The summed E-state index contributed by atoms with van der Waals surface area (Å²) in [6.45, 7) is 3.67. The smallest absolute Gasteiger partial charge is 0.116 e. The van der Waals surface area contributed by atoms with Crippen molar-refractivity contribution in [1.82, 2.24) is 9.97 Å². The SMILES string of the molecule is Br.C=CC(C=CN)c1ncc[nH]1. The predicted octanol–water partition coefficient (Wildman–Crippen LogP) is 1.73. The highest BCUT2D eigenvalue weighted by Crippen LogP contribution is 2.12. The first-order valence-electron chi connectivity index (χ1n) is 3.38. The van der Waals surface area contributed by atoms with Crippen LogP contribution in [0.25, 0.3) is 0 Å². The van der Waals surface area contributed by atoms with Crippen LogP contribution in [0.5, 0.6) is 0 Å². The molecule has 1 heterocycles. The van der Waals surface area contributed by atoms with Crippen molar-refractivity contribution >= 4 is 17.0 Å². The molecular formula is C8H12BrN3. The molecular weight excluding hydrogens is 218 g/mol. The fourth-order valence-corrected chi connectivity index (χ4v) is 0.861. The Balaban J connectivity index is 0.00000121. The van der Waals surface area contributed by atoms with E-state index in [4.69, 9.17) is 5.73 Å². The van der Waals surface area contributed by atoms with Crippen molar-refractivity contribution in [3.8, 4) is 0 Å². The third-order valence-corrected chi connectivity index (χ3v) is 1.41. The number of H-pyrrole nitrogens is 1. The van der Waals surface area contributed by atoms with Gasteiger partial charge in [-0.15, -0.1) is 23.6 Å². The third-order valence-electron chi connectivity index (χ3n) is 1.41. The highest BCUT2D eigenvalue weighted by Gasteiger charge is 2.03. The monoisotopic (exact) mass is 229 g/mol. The summed E-state index contributed by atoms with van der Waals surface area (Å²) in [5, 5.41) is 0. The number of rotatable bonds is 3. The molecule has 0 fully saturated rings. The highest BCUT2D eigenvalue weighted by atomic mass is 79.9. The Bertz CT molecular complexity index is 241. The van der Waals surface area contributed by atoms with Crippen LogP contribution in [0.2, 0.25) is 0 Å². The van der Waals surface area contributed by atoms with E-state index in [1.165, 1.54) is 6.20 Å². The van der Waals surface area contributed by atoms with Crippen LogP contribution < -0.4 is 5.73 Å².